The smallest absolute Gasteiger partial charge is 0.263 e. The van der Waals surface area contributed by atoms with Crippen LogP contribution in [0, 0.1) is 18.6 Å². The molecule has 2 aromatic carbocycles. The Labute approximate surface area is 178 Å². The molecule has 31 heavy (non-hydrogen) atoms. The van der Waals surface area contributed by atoms with E-state index in [1.54, 1.807) is 24.3 Å². The van der Waals surface area contributed by atoms with Gasteiger partial charge in [-0.1, -0.05) is 17.7 Å². The van der Waals surface area contributed by atoms with Crippen LogP contribution in [0.15, 0.2) is 42.5 Å². The number of benzene rings is 2. The van der Waals surface area contributed by atoms with Crippen molar-refractivity contribution >= 4 is 17.7 Å². The fourth-order valence-electron chi connectivity index (χ4n) is 3.48. The van der Waals surface area contributed by atoms with Crippen LogP contribution in [0.2, 0.25) is 0 Å². The molecule has 1 aliphatic rings. The van der Waals surface area contributed by atoms with Gasteiger partial charge in [-0.25, -0.2) is 8.78 Å². The minimum Gasteiger partial charge on any atom is -0.351 e. The van der Waals surface area contributed by atoms with Gasteiger partial charge in [0.1, 0.15) is 0 Å². The molecule has 1 heterocycles. The van der Waals surface area contributed by atoms with E-state index < -0.39 is 35.5 Å². The SMILES string of the molecule is Cc1ccc(C(=O)N2CCCN(C(=O)c3ccc(F)c(F)c3)C2C(=O)NCCN)cc1. The largest absolute Gasteiger partial charge is 0.351 e. The first-order valence-corrected chi connectivity index (χ1v) is 9.95. The van der Waals surface area contributed by atoms with E-state index in [0.717, 1.165) is 23.8 Å². The number of nitrogens with one attached hydrogen (secondary N) is 1. The van der Waals surface area contributed by atoms with Crippen LogP contribution >= 0.6 is 0 Å². The molecule has 0 radical (unpaired) electrons. The maximum atomic E-state index is 13.7. The van der Waals surface area contributed by atoms with E-state index >= 15 is 0 Å². The topological polar surface area (TPSA) is 95.7 Å². The molecule has 1 atom stereocenters. The lowest BCUT2D eigenvalue weighted by molar-refractivity contribution is -0.132. The van der Waals surface area contributed by atoms with Crippen molar-refractivity contribution in [1.29, 1.82) is 0 Å². The minimum absolute atomic E-state index is 0.111. The molecule has 2 aromatic rings. The van der Waals surface area contributed by atoms with Crippen LogP contribution < -0.4 is 11.1 Å². The van der Waals surface area contributed by atoms with Gasteiger partial charge < -0.3 is 20.9 Å². The number of rotatable bonds is 5. The number of carbonyl (C=O) groups excluding carboxylic acids is 3. The Morgan fingerprint density at radius 1 is 0.968 bits per heavy atom. The van der Waals surface area contributed by atoms with Gasteiger partial charge >= 0.3 is 0 Å². The van der Waals surface area contributed by atoms with Crippen molar-refractivity contribution in [2.24, 2.45) is 5.73 Å². The third kappa shape index (κ3) is 4.88. The van der Waals surface area contributed by atoms with Crippen LogP contribution in [-0.2, 0) is 4.79 Å². The molecule has 164 valence electrons. The van der Waals surface area contributed by atoms with Crippen LogP contribution in [0.3, 0.4) is 0 Å². The number of nitrogens with zero attached hydrogens (tertiary/aromatic N) is 2. The zero-order valence-electron chi connectivity index (χ0n) is 17.1. The van der Waals surface area contributed by atoms with Gasteiger partial charge in [-0.05, 0) is 43.7 Å². The van der Waals surface area contributed by atoms with E-state index in [9.17, 15) is 23.2 Å². The first-order chi connectivity index (χ1) is 14.8. The molecule has 7 nitrogen and oxygen atoms in total. The van der Waals surface area contributed by atoms with Gasteiger partial charge in [0.05, 0.1) is 0 Å². The average Bonchev–Trinajstić information content (AvgIpc) is 2.78. The normalized spacial score (nSPS) is 16.2. The van der Waals surface area contributed by atoms with Crippen LogP contribution in [0.5, 0.6) is 0 Å². The summed E-state index contributed by atoms with van der Waals surface area (Å²) in [5.74, 6) is -3.89. The quantitative estimate of drug-likeness (QED) is 0.754. The molecule has 1 aliphatic heterocycles. The molecule has 1 unspecified atom stereocenters. The Morgan fingerprint density at radius 2 is 1.55 bits per heavy atom. The molecule has 0 spiro atoms. The maximum Gasteiger partial charge on any atom is 0.263 e. The molecule has 3 N–H and O–H groups in total. The Kier molecular flexibility index (Phi) is 6.96. The summed E-state index contributed by atoms with van der Waals surface area (Å²) in [5.41, 5.74) is 6.71. The van der Waals surface area contributed by atoms with E-state index in [4.69, 9.17) is 5.73 Å². The summed E-state index contributed by atoms with van der Waals surface area (Å²) in [4.78, 5) is 41.7. The van der Waals surface area contributed by atoms with Gasteiger partial charge in [-0.15, -0.1) is 0 Å². The fraction of sp³-hybridized carbons (Fsp3) is 0.318. The lowest BCUT2D eigenvalue weighted by Crippen LogP contribution is -2.63. The molecule has 0 aliphatic carbocycles. The maximum absolute atomic E-state index is 13.7. The number of halogens is 2. The summed E-state index contributed by atoms with van der Waals surface area (Å²) in [6, 6.07) is 9.66. The van der Waals surface area contributed by atoms with Gasteiger partial charge in [0, 0.05) is 37.3 Å². The number of hydrogen-bond acceptors (Lipinski definition) is 4. The van der Waals surface area contributed by atoms with Crippen molar-refractivity contribution in [3.63, 3.8) is 0 Å². The summed E-state index contributed by atoms with van der Waals surface area (Å²) < 4.78 is 27.0. The molecule has 9 heteroatoms. The van der Waals surface area contributed by atoms with Crippen molar-refractivity contribution < 1.29 is 23.2 Å². The Balaban J connectivity index is 1.95. The first kappa shape index (κ1) is 22.4. The highest BCUT2D eigenvalue weighted by Crippen LogP contribution is 2.22. The highest BCUT2D eigenvalue weighted by atomic mass is 19.2. The van der Waals surface area contributed by atoms with Crippen LogP contribution in [0.25, 0.3) is 0 Å². The predicted molar refractivity (Wildman–Crippen MR) is 110 cm³/mol. The molecule has 3 rings (SSSR count). The van der Waals surface area contributed by atoms with Crippen LogP contribution in [-0.4, -0.2) is 59.9 Å². The van der Waals surface area contributed by atoms with E-state index in [2.05, 4.69) is 5.32 Å². The second-order valence-electron chi connectivity index (χ2n) is 7.30. The predicted octanol–water partition coefficient (Wildman–Crippen LogP) is 1.66. The molecule has 0 bridgehead atoms. The molecule has 0 saturated carbocycles. The Morgan fingerprint density at radius 3 is 2.13 bits per heavy atom. The molecule has 3 amide bonds. The van der Waals surface area contributed by atoms with Crippen molar-refractivity contribution in [1.82, 2.24) is 15.1 Å². The number of aryl methyl sites for hydroxylation is 1. The lowest BCUT2D eigenvalue weighted by Gasteiger charge is -2.42. The van der Waals surface area contributed by atoms with E-state index in [0.29, 0.717) is 12.0 Å². The highest BCUT2D eigenvalue weighted by Gasteiger charge is 2.40. The van der Waals surface area contributed by atoms with Crippen molar-refractivity contribution in [2.45, 2.75) is 19.5 Å². The molecular formula is C22H24F2N4O3. The zero-order chi connectivity index (χ0) is 22.5. The standard InChI is InChI=1S/C22H24F2N4O3/c1-14-3-5-15(6-4-14)21(30)27-11-2-12-28(20(27)19(29)26-10-9-25)22(31)16-7-8-17(23)18(24)13-16/h3-8,13,20H,2,9-12,25H2,1H3,(H,26,29). The van der Waals surface area contributed by atoms with Crippen molar-refractivity contribution in [3.05, 3.63) is 70.8 Å². The monoisotopic (exact) mass is 430 g/mol. The van der Waals surface area contributed by atoms with Crippen molar-refractivity contribution in [2.75, 3.05) is 26.2 Å². The van der Waals surface area contributed by atoms with Crippen LogP contribution in [0.4, 0.5) is 8.78 Å². The third-order valence-corrected chi connectivity index (χ3v) is 5.05. The second-order valence-corrected chi connectivity index (χ2v) is 7.30. The van der Waals surface area contributed by atoms with Gasteiger partial charge in [0.15, 0.2) is 17.8 Å². The lowest BCUT2D eigenvalue weighted by atomic mass is 10.1. The third-order valence-electron chi connectivity index (χ3n) is 5.05. The summed E-state index contributed by atoms with van der Waals surface area (Å²) in [7, 11) is 0. The Bertz CT molecular complexity index is 981. The van der Waals surface area contributed by atoms with Gasteiger partial charge in [0.25, 0.3) is 17.7 Å². The Hall–Kier alpha value is -3.33. The highest BCUT2D eigenvalue weighted by molar-refractivity contribution is 6.01. The summed E-state index contributed by atoms with van der Waals surface area (Å²) in [6.07, 6.45) is -0.817. The molecule has 1 saturated heterocycles. The van der Waals surface area contributed by atoms with Gasteiger partial charge in [-0.2, -0.15) is 0 Å². The van der Waals surface area contributed by atoms with Gasteiger partial charge in [-0.3, -0.25) is 14.4 Å². The number of amides is 3. The van der Waals surface area contributed by atoms with Crippen molar-refractivity contribution in [3.8, 4) is 0 Å². The summed E-state index contributed by atoms with van der Waals surface area (Å²) in [6.45, 7) is 2.67. The number of nitrogens with two attached hydrogens (primary N) is 1. The fourth-order valence-corrected chi connectivity index (χ4v) is 3.48. The van der Waals surface area contributed by atoms with Crippen LogP contribution in [0.1, 0.15) is 32.7 Å². The van der Waals surface area contributed by atoms with E-state index in [1.165, 1.54) is 9.80 Å². The molecule has 1 fully saturated rings. The van der Waals surface area contributed by atoms with E-state index in [-0.39, 0.29) is 31.7 Å². The van der Waals surface area contributed by atoms with Gasteiger partial charge in [0.2, 0.25) is 0 Å². The van der Waals surface area contributed by atoms with E-state index in [1.807, 2.05) is 6.92 Å². The number of carbonyl (C=O) groups is 3. The number of hydrogen-bond donors (Lipinski definition) is 2. The second kappa shape index (κ2) is 9.65. The summed E-state index contributed by atoms with van der Waals surface area (Å²) in [5, 5.41) is 2.62. The minimum atomic E-state index is -1.24. The zero-order valence-corrected chi connectivity index (χ0v) is 17.1. The summed E-state index contributed by atoms with van der Waals surface area (Å²) >= 11 is 0. The molecular weight excluding hydrogens is 406 g/mol. The first-order valence-electron chi connectivity index (χ1n) is 9.95. The molecule has 0 aromatic heterocycles. The average molecular weight is 430 g/mol.